The molecule has 0 aliphatic heterocycles. The highest BCUT2D eigenvalue weighted by Gasteiger charge is 2.17. The first-order valence-electron chi connectivity index (χ1n) is 7.15. The Morgan fingerprint density at radius 1 is 1.22 bits per heavy atom. The number of hydrogen-bond acceptors (Lipinski definition) is 3. The number of halogens is 1. The molecule has 4 aromatic rings. The van der Waals surface area contributed by atoms with E-state index in [1.54, 1.807) is 29.1 Å². The topological polar surface area (TPSA) is 52.7 Å². The second-order valence-corrected chi connectivity index (χ2v) is 5.86. The van der Waals surface area contributed by atoms with E-state index < -0.39 is 0 Å². The minimum Gasteiger partial charge on any atom is -0.331 e. The SMILES string of the molecule is Cc1nc2c(=O)n(-c3cccnc3)c3cc(Cl)ccc3c2n1C. The predicted molar refractivity (Wildman–Crippen MR) is 91.4 cm³/mol. The van der Waals surface area contributed by atoms with Crippen molar-refractivity contribution in [2.75, 3.05) is 0 Å². The Morgan fingerprint density at radius 3 is 2.78 bits per heavy atom. The van der Waals surface area contributed by atoms with Gasteiger partial charge in [-0.15, -0.1) is 0 Å². The molecule has 5 nitrogen and oxygen atoms in total. The van der Waals surface area contributed by atoms with Gasteiger partial charge in [-0.1, -0.05) is 11.6 Å². The summed E-state index contributed by atoms with van der Waals surface area (Å²) in [4.78, 5) is 21.6. The third-order valence-electron chi connectivity index (χ3n) is 4.08. The third-order valence-corrected chi connectivity index (χ3v) is 4.32. The summed E-state index contributed by atoms with van der Waals surface area (Å²) in [5, 5.41) is 1.50. The van der Waals surface area contributed by atoms with Crippen molar-refractivity contribution in [3.63, 3.8) is 0 Å². The Balaban J connectivity index is 2.31. The van der Waals surface area contributed by atoms with Gasteiger partial charge < -0.3 is 4.57 Å². The van der Waals surface area contributed by atoms with Crippen molar-refractivity contribution in [1.29, 1.82) is 0 Å². The molecule has 0 N–H and O–H groups in total. The minimum atomic E-state index is -0.175. The summed E-state index contributed by atoms with van der Waals surface area (Å²) in [6.07, 6.45) is 3.33. The Morgan fingerprint density at radius 2 is 2.04 bits per heavy atom. The summed E-state index contributed by atoms with van der Waals surface area (Å²) >= 11 is 6.17. The zero-order valence-electron chi connectivity index (χ0n) is 12.6. The van der Waals surface area contributed by atoms with Gasteiger partial charge in [0, 0.05) is 23.7 Å². The summed E-state index contributed by atoms with van der Waals surface area (Å²) in [5.41, 5.74) is 2.52. The van der Waals surface area contributed by atoms with Crippen molar-refractivity contribution in [2.24, 2.45) is 7.05 Å². The van der Waals surface area contributed by atoms with Gasteiger partial charge in [-0.25, -0.2) is 4.98 Å². The van der Waals surface area contributed by atoms with E-state index in [2.05, 4.69) is 9.97 Å². The van der Waals surface area contributed by atoms with Gasteiger partial charge in [0.2, 0.25) is 0 Å². The highest BCUT2D eigenvalue weighted by Crippen LogP contribution is 2.27. The summed E-state index contributed by atoms with van der Waals surface area (Å²) in [7, 11) is 1.91. The molecule has 0 saturated carbocycles. The lowest BCUT2D eigenvalue weighted by molar-refractivity contribution is 0.888. The minimum absolute atomic E-state index is 0.175. The summed E-state index contributed by atoms with van der Waals surface area (Å²) < 4.78 is 3.55. The lowest BCUT2D eigenvalue weighted by atomic mass is 10.1. The number of hydrogen-bond donors (Lipinski definition) is 0. The maximum Gasteiger partial charge on any atom is 0.283 e. The van der Waals surface area contributed by atoms with E-state index in [4.69, 9.17) is 11.6 Å². The van der Waals surface area contributed by atoms with E-state index in [1.807, 2.05) is 36.7 Å². The fourth-order valence-corrected chi connectivity index (χ4v) is 3.08. The molecule has 0 amide bonds. The Kier molecular flexibility index (Phi) is 2.99. The molecule has 0 spiro atoms. The molecular formula is C17H13ClN4O. The van der Waals surface area contributed by atoms with Crippen LogP contribution in [0, 0.1) is 6.92 Å². The van der Waals surface area contributed by atoms with Crippen molar-refractivity contribution in [3.05, 3.63) is 63.9 Å². The monoisotopic (exact) mass is 324 g/mol. The molecule has 0 aliphatic carbocycles. The van der Waals surface area contributed by atoms with Crippen LogP contribution >= 0.6 is 11.6 Å². The van der Waals surface area contributed by atoms with Crippen molar-refractivity contribution in [1.82, 2.24) is 19.1 Å². The zero-order valence-corrected chi connectivity index (χ0v) is 13.4. The van der Waals surface area contributed by atoms with Crippen molar-refractivity contribution >= 4 is 33.5 Å². The van der Waals surface area contributed by atoms with Crippen LogP contribution in [0.3, 0.4) is 0 Å². The van der Waals surface area contributed by atoms with Crippen LogP contribution in [0.1, 0.15) is 5.82 Å². The molecule has 23 heavy (non-hydrogen) atoms. The number of rotatable bonds is 1. The van der Waals surface area contributed by atoms with Gasteiger partial charge in [0.25, 0.3) is 5.56 Å². The first-order chi connectivity index (χ1) is 11.1. The van der Waals surface area contributed by atoms with Crippen molar-refractivity contribution in [3.8, 4) is 5.69 Å². The molecular weight excluding hydrogens is 312 g/mol. The van der Waals surface area contributed by atoms with Crippen LogP contribution in [0.2, 0.25) is 5.02 Å². The molecule has 0 aliphatic rings. The first-order valence-corrected chi connectivity index (χ1v) is 7.53. The standard InChI is InChI=1S/C17H13ClN4O/c1-10-20-15-16(21(10)2)13-6-5-11(18)8-14(13)22(17(15)23)12-4-3-7-19-9-12/h3-9H,1-2H3. The normalized spacial score (nSPS) is 11.4. The summed E-state index contributed by atoms with van der Waals surface area (Å²) in [5.74, 6) is 0.789. The summed E-state index contributed by atoms with van der Waals surface area (Å²) in [6, 6.07) is 9.19. The molecule has 0 unspecified atom stereocenters. The quantitative estimate of drug-likeness (QED) is 0.540. The molecule has 3 aromatic heterocycles. The average Bonchev–Trinajstić information content (AvgIpc) is 2.85. The lowest BCUT2D eigenvalue weighted by Crippen LogP contribution is -2.19. The van der Waals surface area contributed by atoms with Gasteiger partial charge in [0.15, 0.2) is 5.52 Å². The van der Waals surface area contributed by atoms with E-state index in [1.165, 1.54) is 0 Å². The Hall–Kier alpha value is -2.66. The number of pyridine rings is 2. The number of fused-ring (bicyclic) bond motifs is 3. The number of nitrogens with zero attached hydrogens (tertiary/aromatic N) is 4. The molecule has 3 heterocycles. The van der Waals surface area contributed by atoms with Crippen molar-refractivity contribution in [2.45, 2.75) is 6.92 Å². The molecule has 0 fully saturated rings. The van der Waals surface area contributed by atoms with Gasteiger partial charge >= 0.3 is 0 Å². The van der Waals surface area contributed by atoms with Crippen LogP contribution < -0.4 is 5.56 Å². The molecule has 0 atom stereocenters. The number of benzene rings is 1. The van der Waals surface area contributed by atoms with Gasteiger partial charge in [-0.3, -0.25) is 14.3 Å². The maximum absolute atomic E-state index is 13.0. The molecule has 1 aromatic carbocycles. The number of aryl methyl sites for hydroxylation is 2. The van der Waals surface area contributed by atoms with E-state index in [0.29, 0.717) is 16.2 Å². The van der Waals surface area contributed by atoms with Crippen LogP contribution in [0.5, 0.6) is 0 Å². The second-order valence-electron chi connectivity index (χ2n) is 5.43. The van der Waals surface area contributed by atoms with Crippen LogP contribution in [-0.2, 0) is 7.05 Å². The van der Waals surface area contributed by atoms with E-state index >= 15 is 0 Å². The molecule has 6 heteroatoms. The van der Waals surface area contributed by atoms with Gasteiger partial charge in [0.05, 0.1) is 22.9 Å². The molecule has 114 valence electrons. The van der Waals surface area contributed by atoms with Crippen LogP contribution in [0.4, 0.5) is 0 Å². The predicted octanol–water partition coefficient (Wildman–Crippen LogP) is 3.23. The van der Waals surface area contributed by atoms with Gasteiger partial charge in [-0.2, -0.15) is 0 Å². The van der Waals surface area contributed by atoms with Gasteiger partial charge in [-0.05, 0) is 37.3 Å². The largest absolute Gasteiger partial charge is 0.331 e. The van der Waals surface area contributed by atoms with Crippen LogP contribution in [0.25, 0.3) is 27.6 Å². The van der Waals surface area contributed by atoms with E-state index in [0.717, 1.165) is 22.2 Å². The van der Waals surface area contributed by atoms with Crippen LogP contribution in [0.15, 0.2) is 47.5 Å². The fourth-order valence-electron chi connectivity index (χ4n) is 2.92. The highest BCUT2D eigenvalue weighted by atomic mass is 35.5. The smallest absolute Gasteiger partial charge is 0.283 e. The number of aromatic nitrogens is 4. The third kappa shape index (κ3) is 1.97. The van der Waals surface area contributed by atoms with Gasteiger partial charge in [0.1, 0.15) is 5.82 Å². The molecule has 4 rings (SSSR count). The lowest BCUT2D eigenvalue weighted by Gasteiger charge is -2.12. The molecule has 0 saturated heterocycles. The summed E-state index contributed by atoms with van der Waals surface area (Å²) in [6.45, 7) is 1.88. The average molecular weight is 325 g/mol. The second kappa shape index (κ2) is 4.93. The maximum atomic E-state index is 13.0. The number of imidazole rings is 1. The zero-order chi connectivity index (χ0) is 16.1. The van der Waals surface area contributed by atoms with Crippen LogP contribution in [-0.4, -0.2) is 19.1 Å². The first kappa shape index (κ1) is 14.0. The van der Waals surface area contributed by atoms with E-state index in [9.17, 15) is 4.79 Å². The van der Waals surface area contributed by atoms with E-state index in [-0.39, 0.29) is 5.56 Å². The fraction of sp³-hybridized carbons (Fsp3) is 0.118. The Labute approximate surface area is 136 Å². The molecule has 0 bridgehead atoms. The Bertz CT molecular complexity index is 1110. The molecule has 0 radical (unpaired) electrons. The highest BCUT2D eigenvalue weighted by molar-refractivity contribution is 6.31. The van der Waals surface area contributed by atoms with Crippen molar-refractivity contribution < 1.29 is 0 Å².